The number of thioether (sulfide) groups is 1. The van der Waals surface area contributed by atoms with Gasteiger partial charge in [-0.3, -0.25) is 0 Å². The van der Waals surface area contributed by atoms with Crippen LogP contribution in [0.1, 0.15) is 5.69 Å². The normalized spacial score (nSPS) is 11.1. The fraction of sp³-hybridized carbons (Fsp3) is 0.118. The molecule has 8 heteroatoms. The SMILES string of the molecule is COc1ccccc1-c1nnc(SCc2cn3cc(Cl)ccc3n2)o1. The molecule has 0 spiro atoms. The molecule has 0 aliphatic heterocycles. The van der Waals surface area contributed by atoms with Gasteiger partial charge in [-0.05, 0) is 24.3 Å². The van der Waals surface area contributed by atoms with Gasteiger partial charge in [-0.2, -0.15) is 0 Å². The van der Waals surface area contributed by atoms with E-state index in [0.717, 1.165) is 16.9 Å². The maximum atomic E-state index is 5.99. The maximum absolute atomic E-state index is 5.99. The number of halogens is 1. The fourth-order valence-corrected chi connectivity index (χ4v) is 3.24. The van der Waals surface area contributed by atoms with Gasteiger partial charge in [0.1, 0.15) is 11.4 Å². The minimum Gasteiger partial charge on any atom is -0.496 e. The van der Waals surface area contributed by atoms with Gasteiger partial charge >= 0.3 is 0 Å². The number of aromatic nitrogens is 4. The number of nitrogens with zero attached hydrogens (tertiary/aromatic N) is 4. The van der Waals surface area contributed by atoms with Crippen molar-refractivity contribution < 1.29 is 9.15 Å². The second-order valence-corrected chi connectivity index (χ2v) is 6.57. The zero-order valence-electron chi connectivity index (χ0n) is 13.2. The number of ether oxygens (including phenoxy) is 1. The molecule has 0 saturated heterocycles. The smallest absolute Gasteiger partial charge is 0.277 e. The van der Waals surface area contributed by atoms with Crippen LogP contribution in [0.5, 0.6) is 5.75 Å². The average Bonchev–Trinajstić information content (AvgIpc) is 3.26. The summed E-state index contributed by atoms with van der Waals surface area (Å²) in [5, 5.41) is 9.34. The van der Waals surface area contributed by atoms with E-state index < -0.39 is 0 Å². The van der Waals surface area contributed by atoms with Gasteiger partial charge in [-0.15, -0.1) is 10.2 Å². The number of hydrogen-bond acceptors (Lipinski definition) is 6. The number of hydrogen-bond donors (Lipinski definition) is 0. The highest BCUT2D eigenvalue weighted by Crippen LogP contribution is 2.31. The molecule has 0 fully saturated rings. The predicted octanol–water partition coefficient (Wildman–Crippen LogP) is 4.34. The quantitative estimate of drug-likeness (QED) is 0.485. The van der Waals surface area contributed by atoms with Crippen LogP contribution < -0.4 is 4.74 Å². The highest BCUT2D eigenvalue weighted by atomic mass is 35.5. The summed E-state index contributed by atoms with van der Waals surface area (Å²) >= 11 is 7.42. The molecule has 0 N–H and O–H groups in total. The molecule has 0 aliphatic rings. The average molecular weight is 373 g/mol. The summed E-state index contributed by atoms with van der Waals surface area (Å²) in [6.45, 7) is 0. The molecule has 25 heavy (non-hydrogen) atoms. The summed E-state index contributed by atoms with van der Waals surface area (Å²) in [6.07, 6.45) is 3.76. The van der Waals surface area contributed by atoms with E-state index in [4.69, 9.17) is 20.8 Å². The van der Waals surface area contributed by atoms with Gasteiger partial charge < -0.3 is 13.6 Å². The molecule has 0 unspecified atom stereocenters. The van der Waals surface area contributed by atoms with Crippen LogP contribution in [0.15, 0.2) is 58.4 Å². The number of para-hydroxylation sites is 1. The number of imidazole rings is 1. The monoisotopic (exact) mass is 372 g/mol. The lowest BCUT2D eigenvalue weighted by molar-refractivity contribution is 0.411. The molecule has 3 aromatic heterocycles. The van der Waals surface area contributed by atoms with Crippen molar-refractivity contribution in [3.63, 3.8) is 0 Å². The van der Waals surface area contributed by atoms with Crippen LogP contribution in [-0.4, -0.2) is 26.7 Å². The Morgan fingerprint density at radius 3 is 2.92 bits per heavy atom. The first-order valence-corrected chi connectivity index (χ1v) is 8.82. The van der Waals surface area contributed by atoms with E-state index in [1.54, 1.807) is 7.11 Å². The lowest BCUT2D eigenvalue weighted by Gasteiger charge is -2.03. The number of methoxy groups -OCH3 is 1. The first-order valence-electron chi connectivity index (χ1n) is 7.46. The van der Waals surface area contributed by atoms with Crippen molar-refractivity contribution in [2.75, 3.05) is 7.11 Å². The summed E-state index contributed by atoms with van der Waals surface area (Å²) < 4.78 is 13.0. The lowest BCUT2D eigenvalue weighted by atomic mass is 10.2. The Balaban J connectivity index is 1.51. The number of fused-ring (bicyclic) bond motifs is 1. The van der Waals surface area contributed by atoms with Gasteiger partial charge in [0.15, 0.2) is 0 Å². The Labute approximate surface area is 152 Å². The van der Waals surface area contributed by atoms with Crippen molar-refractivity contribution in [2.24, 2.45) is 0 Å². The molecule has 6 nitrogen and oxygen atoms in total. The van der Waals surface area contributed by atoms with Crippen molar-refractivity contribution in [3.8, 4) is 17.2 Å². The molecule has 126 valence electrons. The van der Waals surface area contributed by atoms with Gasteiger partial charge in [0, 0.05) is 18.1 Å². The Kier molecular flexibility index (Phi) is 4.33. The molecule has 3 heterocycles. The summed E-state index contributed by atoms with van der Waals surface area (Å²) in [5.74, 6) is 1.74. The Bertz CT molecular complexity index is 1030. The number of pyridine rings is 1. The van der Waals surface area contributed by atoms with Crippen molar-refractivity contribution in [2.45, 2.75) is 11.0 Å². The van der Waals surface area contributed by atoms with Crippen LogP contribution in [0.25, 0.3) is 17.1 Å². The molecule has 0 bridgehead atoms. The first-order chi connectivity index (χ1) is 12.2. The molecule has 0 aliphatic carbocycles. The second-order valence-electron chi connectivity index (χ2n) is 5.21. The van der Waals surface area contributed by atoms with Gasteiger partial charge in [0.25, 0.3) is 11.1 Å². The van der Waals surface area contributed by atoms with Crippen molar-refractivity contribution in [1.82, 2.24) is 19.6 Å². The molecular formula is C17H13ClN4O2S. The van der Waals surface area contributed by atoms with E-state index in [0.29, 0.717) is 27.6 Å². The van der Waals surface area contributed by atoms with Crippen LogP contribution in [0.3, 0.4) is 0 Å². The van der Waals surface area contributed by atoms with Crippen molar-refractivity contribution in [3.05, 3.63) is 59.5 Å². The molecule has 4 aromatic rings. The van der Waals surface area contributed by atoms with Crippen LogP contribution in [0.4, 0.5) is 0 Å². The molecular weight excluding hydrogens is 360 g/mol. The predicted molar refractivity (Wildman–Crippen MR) is 96.0 cm³/mol. The van der Waals surface area contributed by atoms with E-state index in [1.165, 1.54) is 11.8 Å². The summed E-state index contributed by atoms with van der Waals surface area (Å²) in [7, 11) is 1.61. The molecule has 4 rings (SSSR count). The van der Waals surface area contributed by atoms with E-state index in [1.807, 2.05) is 53.2 Å². The summed E-state index contributed by atoms with van der Waals surface area (Å²) in [6, 6.07) is 11.2. The summed E-state index contributed by atoms with van der Waals surface area (Å²) in [5.41, 5.74) is 2.52. The fourth-order valence-electron chi connectivity index (χ4n) is 2.42. The third kappa shape index (κ3) is 3.33. The van der Waals surface area contributed by atoms with Crippen LogP contribution in [0, 0.1) is 0 Å². The zero-order valence-corrected chi connectivity index (χ0v) is 14.8. The van der Waals surface area contributed by atoms with Crippen LogP contribution in [0.2, 0.25) is 5.02 Å². The van der Waals surface area contributed by atoms with Gasteiger partial charge in [0.05, 0.1) is 23.4 Å². The third-order valence-electron chi connectivity index (χ3n) is 3.55. The Morgan fingerprint density at radius 2 is 2.04 bits per heavy atom. The van der Waals surface area contributed by atoms with Crippen molar-refractivity contribution in [1.29, 1.82) is 0 Å². The Morgan fingerprint density at radius 1 is 1.16 bits per heavy atom. The topological polar surface area (TPSA) is 65.5 Å². The second kappa shape index (κ2) is 6.78. The van der Waals surface area contributed by atoms with Gasteiger partial charge in [-0.25, -0.2) is 4.98 Å². The highest BCUT2D eigenvalue weighted by molar-refractivity contribution is 7.98. The maximum Gasteiger partial charge on any atom is 0.277 e. The minimum absolute atomic E-state index is 0.432. The largest absolute Gasteiger partial charge is 0.496 e. The van der Waals surface area contributed by atoms with Gasteiger partial charge in [-0.1, -0.05) is 35.5 Å². The minimum atomic E-state index is 0.432. The molecule has 1 aromatic carbocycles. The lowest BCUT2D eigenvalue weighted by Crippen LogP contribution is -1.87. The standard InChI is InChI=1S/C17H13ClN4O2S/c1-23-14-5-3-2-4-13(14)16-20-21-17(24-16)25-10-12-9-22-8-11(18)6-7-15(22)19-12/h2-9H,10H2,1H3. The van der Waals surface area contributed by atoms with Crippen molar-refractivity contribution >= 4 is 29.0 Å². The molecule has 0 radical (unpaired) electrons. The number of rotatable bonds is 5. The summed E-state index contributed by atoms with van der Waals surface area (Å²) in [4.78, 5) is 4.53. The van der Waals surface area contributed by atoms with E-state index in [-0.39, 0.29) is 0 Å². The van der Waals surface area contributed by atoms with Crippen LogP contribution in [-0.2, 0) is 5.75 Å². The molecule has 0 atom stereocenters. The van der Waals surface area contributed by atoms with E-state index in [2.05, 4.69) is 15.2 Å². The highest BCUT2D eigenvalue weighted by Gasteiger charge is 2.14. The number of benzene rings is 1. The van der Waals surface area contributed by atoms with Crippen LogP contribution >= 0.6 is 23.4 Å². The first kappa shape index (κ1) is 16.0. The van der Waals surface area contributed by atoms with Gasteiger partial charge in [0.2, 0.25) is 0 Å². The van der Waals surface area contributed by atoms with E-state index in [9.17, 15) is 0 Å². The molecule has 0 saturated carbocycles. The molecule has 0 amide bonds. The Hall–Kier alpha value is -2.51. The third-order valence-corrected chi connectivity index (χ3v) is 4.63. The zero-order chi connectivity index (χ0) is 17.2. The van der Waals surface area contributed by atoms with E-state index >= 15 is 0 Å².